The lowest BCUT2D eigenvalue weighted by Gasteiger charge is -2.13. The van der Waals surface area contributed by atoms with Crippen LogP contribution in [0.4, 0.5) is 5.69 Å². The highest BCUT2D eigenvalue weighted by atomic mass is 16.5. The monoisotopic (exact) mass is 395 g/mol. The van der Waals surface area contributed by atoms with Crippen molar-refractivity contribution in [3.63, 3.8) is 0 Å². The van der Waals surface area contributed by atoms with Gasteiger partial charge in [0.15, 0.2) is 11.5 Å². The Kier molecular flexibility index (Phi) is 8.04. The second kappa shape index (κ2) is 10.7. The number of hydrogen-bond acceptors (Lipinski definition) is 5. The van der Waals surface area contributed by atoms with Gasteiger partial charge in [0.25, 0.3) is 5.91 Å². The number of benzene rings is 2. The number of hydrogen-bond donors (Lipinski definition) is 2. The van der Waals surface area contributed by atoms with Crippen molar-refractivity contribution in [1.82, 2.24) is 5.32 Å². The van der Waals surface area contributed by atoms with Gasteiger partial charge in [-0.2, -0.15) is 5.26 Å². The van der Waals surface area contributed by atoms with E-state index in [0.717, 1.165) is 0 Å². The highest BCUT2D eigenvalue weighted by Crippen LogP contribution is 2.28. The standard InChI is InChI=1S/C22H25N3O4/c1-15(2)24-22(27)17-7-4-5-8-18(17)25-21(26)9-6-12-29-19-11-10-16(14-23)13-20(19)28-3/h4-5,7-8,10-11,13,15H,6,9,12H2,1-3H3,(H,24,27)(H,25,26). The molecule has 0 saturated carbocycles. The number of anilines is 1. The SMILES string of the molecule is COc1cc(C#N)ccc1OCCCC(=O)Nc1ccccc1C(=O)NC(C)C. The van der Waals surface area contributed by atoms with Crippen LogP contribution in [0.5, 0.6) is 11.5 Å². The van der Waals surface area contributed by atoms with Crippen LogP contribution in [0.15, 0.2) is 42.5 Å². The Morgan fingerprint density at radius 3 is 2.59 bits per heavy atom. The van der Waals surface area contributed by atoms with Gasteiger partial charge in [-0.15, -0.1) is 0 Å². The highest BCUT2D eigenvalue weighted by molar-refractivity contribution is 6.03. The third kappa shape index (κ3) is 6.54. The lowest BCUT2D eigenvalue weighted by atomic mass is 10.1. The first kappa shape index (κ1) is 21.8. The Morgan fingerprint density at radius 1 is 1.14 bits per heavy atom. The van der Waals surface area contributed by atoms with Gasteiger partial charge in [-0.3, -0.25) is 9.59 Å². The fourth-order valence-electron chi connectivity index (χ4n) is 2.61. The van der Waals surface area contributed by atoms with Crippen molar-refractivity contribution in [3.8, 4) is 17.6 Å². The predicted octanol–water partition coefficient (Wildman–Crippen LogP) is 3.50. The van der Waals surface area contributed by atoms with Gasteiger partial charge in [-0.25, -0.2) is 0 Å². The molecule has 2 aromatic rings. The Morgan fingerprint density at radius 2 is 1.90 bits per heavy atom. The van der Waals surface area contributed by atoms with Crippen molar-refractivity contribution >= 4 is 17.5 Å². The van der Waals surface area contributed by atoms with E-state index in [-0.39, 0.29) is 24.3 Å². The summed E-state index contributed by atoms with van der Waals surface area (Å²) in [5.74, 6) is 0.554. The molecule has 0 atom stereocenters. The van der Waals surface area contributed by atoms with E-state index in [2.05, 4.69) is 10.6 Å². The zero-order chi connectivity index (χ0) is 21.2. The van der Waals surface area contributed by atoms with E-state index in [9.17, 15) is 9.59 Å². The molecule has 0 aliphatic rings. The fourth-order valence-corrected chi connectivity index (χ4v) is 2.61. The molecule has 7 nitrogen and oxygen atoms in total. The molecule has 0 saturated heterocycles. The summed E-state index contributed by atoms with van der Waals surface area (Å²) in [5, 5.41) is 14.5. The van der Waals surface area contributed by atoms with E-state index in [0.29, 0.717) is 41.3 Å². The molecule has 152 valence electrons. The summed E-state index contributed by atoms with van der Waals surface area (Å²) >= 11 is 0. The van der Waals surface area contributed by atoms with Gasteiger partial charge in [-0.1, -0.05) is 12.1 Å². The zero-order valence-electron chi connectivity index (χ0n) is 16.8. The molecule has 2 amide bonds. The van der Waals surface area contributed by atoms with E-state index in [1.807, 2.05) is 19.9 Å². The third-order valence-electron chi connectivity index (χ3n) is 3.96. The minimum atomic E-state index is -0.229. The van der Waals surface area contributed by atoms with Crippen molar-refractivity contribution in [2.24, 2.45) is 0 Å². The molecule has 0 aromatic heterocycles. The van der Waals surface area contributed by atoms with Gasteiger partial charge < -0.3 is 20.1 Å². The second-order valence-corrected chi connectivity index (χ2v) is 6.65. The van der Waals surface area contributed by atoms with E-state index in [1.54, 1.807) is 42.5 Å². The minimum Gasteiger partial charge on any atom is -0.493 e. The maximum absolute atomic E-state index is 12.3. The van der Waals surface area contributed by atoms with Crippen LogP contribution in [-0.4, -0.2) is 31.6 Å². The van der Waals surface area contributed by atoms with E-state index < -0.39 is 0 Å². The van der Waals surface area contributed by atoms with Gasteiger partial charge in [-0.05, 0) is 44.5 Å². The van der Waals surface area contributed by atoms with Crippen LogP contribution in [0, 0.1) is 11.3 Å². The Labute approximate surface area is 170 Å². The first-order valence-corrected chi connectivity index (χ1v) is 9.35. The summed E-state index contributed by atoms with van der Waals surface area (Å²) in [6.45, 7) is 4.06. The van der Waals surface area contributed by atoms with Crippen molar-refractivity contribution in [2.45, 2.75) is 32.7 Å². The molecule has 0 fully saturated rings. The molecule has 0 radical (unpaired) electrons. The smallest absolute Gasteiger partial charge is 0.253 e. The molecule has 2 aromatic carbocycles. The number of nitriles is 1. The number of nitrogens with zero attached hydrogens (tertiary/aromatic N) is 1. The summed E-state index contributed by atoms with van der Waals surface area (Å²) in [5.41, 5.74) is 1.38. The maximum Gasteiger partial charge on any atom is 0.253 e. The molecule has 2 rings (SSSR count). The molecule has 0 aliphatic heterocycles. The van der Waals surface area contributed by atoms with Crippen LogP contribution < -0.4 is 20.1 Å². The summed E-state index contributed by atoms with van der Waals surface area (Å²) < 4.78 is 10.9. The maximum atomic E-state index is 12.3. The second-order valence-electron chi connectivity index (χ2n) is 6.65. The number of carbonyl (C=O) groups excluding carboxylic acids is 2. The number of carbonyl (C=O) groups is 2. The first-order valence-electron chi connectivity index (χ1n) is 9.35. The summed E-state index contributed by atoms with van der Waals surface area (Å²) in [7, 11) is 1.50. The number of rotatable bonds is 9. The Hall–Kier alpha value is -3.53. The molecule has 29 heavy (non-hydrogen) atoms. The molecular weight excluding hydrogens is 370 g/mol. The molecule has 0 spiro atoms. The highest BCUT2D eigenvalue weighted by Gasteiger charge is 2.14. The molecular formula is C22H25N3O4. The average Bonchev–Trinajstić information content (AvgIpc) is 2.71. The number of ether oxygens (including phenoxy) is 2. The van der Waals surface area contributed by atoms with E-state index in [4.69, 9.17) is 14.7 Å². The molecule has 0 bridgehead atoms. The van der Waals surface area contributed by atoms with Crippen LogP contribution in [0.1, 0.15) is 42.6 Å². The third-order valence-corrected chi connectivity index (χ3v) is 3.96. The number of amides is 2. The number of nitrogens with one attached hydrogen (secondary N) is 2. The van der Waals surface area contributed by atoms with Crippen LogP contribution in [0.2, 0.25) is 0 Å². The molecule has 2 N–H and O–H groups in total. The van der Waals surface area contributed by atoms with Crippen molar-refractivity contribution < 1.29 is 19.1 Å². The van der Waals surface area contributed by atoms with Gasteiger partial charge in [0.2, 0.25) is 5.91 Å². The summed E-state index contributed by atoms with van der Waals surface area (Å²) in [6, 6.07) is 13.8. The van der Waals surface area contributed by atoms with Crippen LogP contribution in [0.25, 0.3) is 0 Å². The van der Waals surface area contributed by atoms with Gasteiger partial charge in [0.1, 0.15) is 0 Å². The van der Waals surface area contributed by atoms with Crippen LogP contribution in [-0.2, 0) is 4.79 Å². The Balaban J connectivity index is 1.87. The summed E-state index contributed by atoms with van der Waals surface area (Å²) in [6.07, 6.45) is 0.716. The van der Waals surface area contributed by atoms with E-state index >= 15 is 0 Å². The topological polar surface area (TPSA) is 100 Å². The molecule has 0 unspecified atom stereocenters. The summed E-state index contributed by atoms with van der Waals surface area (Å²) in [4.78, 5) is 24.5. The van der Waals surface area contributed by atoms with Crippen LogP contribution >= 0.6 is 0 Å². The number of para-hydroxylation sites is 1. The quantitative estimate of drug-likeness (QED) is 0.633. The lowest BCUT2D eigenvalue weighted by molar-refractivity contribution is -0.116. The lowest BCUT2D eigenvalue weighted by Crippen LogP contribution is -2.31. The average molecular weight is 395 g/mol. The van der Waals surface area contributed by atoms with Crippen molar-refractivity contribution in [2.75, 3.05) is 19.0 Å². The predicted molar refractivity (Wildman–Crippen MR) is 110 cm³/mol. The van der Waals surface area contributed by atoms with E-state index in [1.165, 1.54) is 7.11 Å². The molecule has 0 aliphatic carbocycles. The Bertz CT molecular complexity index is 903. The van der Waals surface area contributed by atoms with Crippen molar-refractivity contribution in [1.29, 1.82) is 5.26 Å². The molecule has 7 heteroatoms. The molecule has 0 heterocycles. The van der Waals surface area contributed by atoms with Gasteiger partial charge in [0.05, 0.1) is 36.6 Å². The van der Waals surface area contributed by atoms with Gasteiger partial charge >= 0.3 is 0 Å². The van der Waals surface area contributed by atoms with Gasteiger partial charge in [0, 0.05) is 18.5 Å². The van der Waals surface area contributed by atoms with Crippen molar-refractivity contribution in [3.05, 3.63) is 53.6 Å². The fraction of sp³-hybridized carbons (Fsp3) is 0.318. The largest absolute Gasteiger partial charge is 0.493 e. The van der Waals surface area contributed by atoms with Crippen LogP contribution in [0.3, 0.4) is 0 Å². The first-order chi connectivity index (χ1) is 13.9. The normalized spacial score (nSPS) is 10.2. The zero-order valence-corrected chi connectivity index (χ0v) is 16.8. The minimum absolute atomic E-state index is 0.00243. The number of methoxy groups -OCH3 is 1.